The van der Waals surface area contributed by atoms with Gasteiger partial charge in [0.15, 0.2) is 0 Å². The molecule has 1 aliphatic rings. The molecular formula is C18H19NO2. The van der Waals surface area contributed by atoms with Gasteiger partial charge in [-0.2, -0.15) is 0 Å². The summed E-state index contributed by atoms with van der Waals surface area (Å²) < 4.78 is 0. The van der Waals surface area contributed by atoms with Crippen LogP contribution in [0.4, 0.5) is 0 Å². The fraction of sp³-hybridized carbons (Fsp3) is 0.278. The van der Waals surface area contributed by atoms with Crippen molar-refractivity contribution in [2.45, 2.75) is 31.9 Å². The minimum Gasteiger partial charge on any atom is -0.390 e. The van der Waals surface area contributed by atoms with Gasteiger partial charge in [0.2, 0.25) is 0 Å². The molecule has 0 saturated carbocycles. The summed E-state index contributed by atoms with van der Waals surface area (Å²) in [6, 6.07) is 15.1. The zero-order valence-electron chi connectivity index (χ0n) is 12.0. The molecule has 2 aromatic carbocycles. The second kappa shape index (κ2) is 5.70. The Balaban J connectivity index is 1.78. The zero-order chi connectivity index (χ0) is 14.8. The van der Waals surface area contributed by atoms with Crippen LogP contribution >= 0.6 is 0 Å². The highest BCUT2D eigenvalue weighted by Crippen LogP contribution is 2.31. The number of hydrogen-bond acceptors (Lipinski definition) is 2. The molecule has 0 unspecified atom stereocenters. The largest absolute Gasteiger partial charge is 0.390 e. The number of benzene rings is 2. The van der Waals surface area contributed by atoms with Crippen molar-refractivity contribution in [1.29, 1.82) is 0 Å². The average Bonchev–Trinajstić information content (AvgIpc) is 2.83. The van der Waals surface area contributed by atoms with Crippen molar-refractivity contribution < 1.29 is 9.90 Å². The Kier molecular flexibility index (Phi) is 3.76. The molecule has 1 aliphatic carbocycles. The van der Waals surface area contributed by atoms with Gasteiger partial charge in [0.05, 0.1) is 12.1 Å². The fourth-order valence-corrected chi connectivity index (χ4v) is 2.86. The quantitative estimate of drug-likeness (QED) is 0.908. The normalized spacial score (nSPS) is 20.1. The molecule has 1 amide bonds. The van der Waals surface area contributed by atoms with E-state index in [4.69, 9.17) is 0 Å². The molecule has 0 spiro atoms. The Hall–Kier alpha value is -2.13. The van der Waals surface area contributed by atoms with E-state index in [0.29, 0.717) is 12.0 Å². The monoisotopic (exact) mass is 281 g/mol. The second-order valence-electron chi connectivity index (χ2n) is 5.47. The third kappa shape index (κ3) is 2.69. The van der Waals surface area contributed by atoms with Gasteiger partial charge in [-0.25, -0.2) is 0 Å². The van der Waals surface area contributed by atoms with Gasteiger partial charge in [-0.05, 0) is 35.2 Å². The van der Waals surface area contributed by atoms with Crippen LogP contribution in [0.5, 0.6) is 0 Å². The van der Waals surface area contributed by atoms with Crippen LogP contribution in [-0.2, 0) is 12.8 Å². The van der Waals surface area contributed by atoms with Crippen molar-refractivity contribution in [1.82, 2.24) is 5.32 Å². The van der Waals surface area contributed by atoms with E-state index in [-0.39, 0.29) is 11.9 Å². The van der Waals surface area contributed by atoms with Crippen molar-refractivity contribution >= 4 is 5.91 Å². The smallest absolute Gasteiger partial charge is 0.251 e. The fourth-order valence-electron chi connectivity index (χ4n) is 2.86. The number of nitrogens with one attached hydrogen (secondary N) is 1. The van der Waals surface area contributed by atoms with Crippen LogP contribution in [-0.4, -0.2) is 17.1 Å². The summed E-state index contributed by atoms with van der Waals surface area (Å²) in [5, 5.41) is 13.1. The van der Waals surface area contributed by atoms with Crippen LogP contribution in [0.1, 0.15) is 40.0 Å². The Morgan fingerprint density at radius 2 is 1.90 bits per heavy atom. The molecule has 0 bridgehead atoms. The van der Waals surface area contributed by atoms with Crippen LogP contribution in [0.3, 0.4) is 0 Å². The number of aliphatic hydroxyl groups is 1. The molecule has 3 heteroatoms. The number of amides is 1. The van der Waals surface area contributed by atoms with E-state index < -0.39 is 6.10 Å². The van der Waals surface area contributed by atoms with E-state index in [1.807, 2.05) is 48.5 Å². The van der Waals surface area contributed by atoms with Crippen LogP contribution in [0.25, 0.3) is 0 Å². The molecule has 2 atom stereocenters. The van der Waals surface area contributed by atoms with Gasteiger partial charge < -0.3 is 10.4 Å². The number of carbonyl (C=O) groups excluding carboxylic acids is 1. The molecule has 0 radical (unpaired) electrons. The molecule has 3 nitrogen and oxygen atoms in total. The molecule has 2 aromatic rings. The molecule has 3 rings (SSSR count). The lowest BCUT2D eigenvalue weighted by molar-refractivity contribution is 0.0858. The maximum atomic E-state index is 12.3. The minimum absolute atomic E-state index is 0.140. The van der Waals surface area contributed by atoms with Gasteiger partial charge >= 0.3 is 0 Å². The lowest BCUT2D eigenvalue weighted by atomic mass is 10.1. The van der Waals surface area contributed by atoms with Gasteiger partial charge in [0, 0.05) is 12.0 Å². The van der Waals surface area contributed by atoms with Crippen molar-refractivity contribution in [3.63, 3.8) is 0 Å². The maximum absolute atomic E-state index is 12.3. The van der Waals surface area contributed by atoms with E-state index in [1.54, 1.807) is 0 Å². The van der Waals surface area contributed by atoms with E-state index in [9.17, 15) is 9.90 Å². The zero-order valence-corrected chi connectivity index (χ0v) is 12.0. The van der Waals surface area contributed by atoms with E-state index in [1.165, 1.54) is 5.56 Å². The maximum Gasteiger partial charge on any atom is 0.251 e. The third-order valence-corrected chi connectivity index (χ3v) is 4.11. The first-order chi connectivity index (χ1) is 10.2. The van der Waals surface area contributed by atoms with E-state index in [2.05, 4.69) is 12.2 Å². The highest BCUT2D eigenvalue weighted by atomic mass is 16.3. The van der Waals surface area contributed by atoms with Crippen molar-refractivity contribution in [3.8, 4) is 0 Å². The van der Waals surface area contributed by atoms with Crippen LogP contribution in [0.2, 0.25) is 0 Å². The molecule has 0 heterocycles. The average molecular weight is 281 g/mol. The summed E-state index contributed by atoms with van der Waals surface area (Å²) in [6.45, 7) is 2.08. The van der Waals surface area contributed by atoms with E-state index in [0.717, 1.165) is 17.5 Å². The molecule has 0 fully saturated rings. The number of rotatable bonds is 3. The molecule has 0 saturated heterocycles. The van der Waals surface area contributed by atoms with Gasteiger partial charge in [0.1, 0.15) is 0 Å². The minimum atomic E-state index is -0.554. The number of carbonyl (C=O) groups is 1. The Bertz CT molecular complexity index is 649. The predicted octanol–water partition coefficient (Wildman–Crippen LogP) is 2.64. The number of fused-ring (bicyclic) bond motifs is 1. The highest BCUT2D eigenvalue weighted by molar-refractivity contribution is 5.94. The third-order valence-electron chi connectivity index (χ3n) is 4.11. The first-order valence-electron chi connectivity index (χ1n) is 7.34. The van der Waals surface area contributed by atoms with Gasteiger partial charge in [-0.3, -0.25) is 4.79 Å². The number of aliphatic hydroxyl groups excluding tert-OH is 1. The molecule has 108 valence electrons. The predicted molar refractivity (Wildman–Crippen MR) is 82.2 cm³/mol. The highest BCUT2D eigenvalue weighted by Gasteiger charge is 2.31. The van der Waals surface area contributed by atoms with Crippen molar-refractivity contribution in [2.75, 3.05) is 0 Å². The van der Waals surface area contributed by atoms with Gasteiger partial charge in [-0.15, -0.1) is 0 Å². The summed E-state index contributed by atoms with van der Waals surface area (Å²) in [4.78, 5) is 12.3. The topological polar surface area (TPSA) is 49.3 Å². The Morgan fingerprint density at radius 3 is 2.62 bits per heavy atom. The summed E-state index contributed by atoms with van der Waals surface area (Å²) in [6.07, 6.45) is 0.994. The summed E-state index contributed by atoms with van der Waals surface area (Å²) in [5.74, 6) is -0.140. The lowest BCUT2D eigenvalue weighted by Crippen LogP contribution is -2.33. The molecule has 21 heavy (non-hydrogen) atoms. The van der Waals surface area contributed by atoms with Crippen LogP contribution < -0.4 is 5.32 Å². The van der Waals surface area contributed by atoms with Crippen LogP contribution in [0.15, 0.2) is 48.5 Å². The van der Waals surface area contributed by atoms with Crippen molar-refractivity contribution in [2.24, 2.45) is 0 Å². The first kappa shape index (κ1) is 13.8. The molecular weight excluding hydrogens is 262 g/mol. The summed E-state index contributed by atoms with van der Waals surface area (Å²) in [7, 11) is 0. The van der Waals surface area contributed by atoms with Crippen LogP contribution in [0, 0.1) is 0 Å². The van der Waals surface area contributed by atoms with Crippen molar-refractivity contribution in [3.05, 3.63) is 70.8 Å². The molecule has 0 aromatic heterocycles. The number of aryl methyl sites for hydroxylation is 1. The van der Waals surface area contributed by atoms with E-state index >= 15 is 0 Å². The first-order valence-corrected chi connectivity index (χ1v) is 7.34. The van der Waals surface area contributed by atoms with Gasteiger partial charge in [-0.1, -0.05) is 43.3 Å². The summed E-state index contributed by atoms with van der Waals surface area (Å²) >= 11 is 0. The number of hydrogen-bond donors (Lipinski definition) is 2. The Labute approximate surface area is 124 Å². The second-order valence-corrected chi connectivity index (χ2v) is 5.47. The van der Waals surface area contributed by atoms with Gasteiger partial charge in [0.25, 0.3) is 5.91 Å². The standard InChI is InChI=1S/C18H19NO2/c1-2-12-7-9-13(10-8-12)18(21)19-17-15-6-4-3-5-14(15)11-16(17)20/h3-10,16-17,20H,2,11H2,1H3,(H,19,21)/t16-,17+/m1/s1. The Morgan fingerprint density at radius 1 is 1.19 bits per heavy atom. The SMILES string of the molecule is CCc1ccc(C(=O)N[C@H]2c3ccccc3C[C@H]2O)cc1. The molecule has 0 aliphatic heterocycles. The lowest BCUT2D eigenvalue weighted by Gasteiger charge is -2.18. The summed E-state index contributed by atoms with van der Waals surface area (Å²) in [5.41, 5.74) is 3.96. The molecule has 2 N–H and O–H groups in total.